The lowest BCUT2D eigenvalue weighted by Crippen LogP contribution is -2.42. The lowest BCUT2D eigenvalue weighted by atomic mass is 10.0. The molecule has 2 atom stereocenters. The van der Waals surface area contributed by atoms with E-state index in [1.165, 1.54) is 18.2 Å². The zero-order chi connectivity index (χ0) is 29.1. The molecule has 1 unspecified atom stereocenters. The van der Waals surface area contributed by atoms with Crippen molar-refractivity contribution in [3.8, 4) is 11.5 Å². The highest BCUT2D eigenvalue weighted by molar-refractivity contribution is 5.74. The Hall–Kier alpha value is -3.34. The molecule has 0 saturated heterocycles. The molecule has 1 aromatic carbocycles. The number of aliphatic carboxylic acids is 1. The van der Waals surface area contributed by atoms with Crippen LogP contribution in [0.15, 0.2) is 18.2 Å². The standard InChI is InChI=1S/C27H41NO10/c1-9-10-11-22(29)34-17(2)16-28-19(23(30)31)14-18-12-13-20(35-24(32)37-26(3,4)5)21(15-18)36-25(33)38-27(6,7)8/h12-13,15,17,19,28H,9-11,14,16H2,1-8H3,(H,30,31)/t17?,19-/m0/s1. The van der Waals surface area contributed by atoms with Crippen LogP contribution in [0.2, 0.25) is 0 Å². The Balaban J connectivity index is 3.04. The Morgan fingerprint density at radius 3 is 1.97 bits per heavy atom. The summed E-state index contributed by atoms with van der Waals surface area (Å²) in [7, 11) is 0. The SMILES string of the molecule is CCCCC(=O)OC(C)CN[C@@H](Cc1ccc(OC(=O)OC(C)(C)C)c(OC(=O)OC(C)(C)C)c1)C(=O)O. The summed E-state index contributed by atoms with van der Waals surface area (Å²) in [6, 6.07) is 3.25. The van der Waals surface area contributed by atoms with Gasteiger partial charge in [-0.2, -0.15) is 0 Å². The molecule has 0 aliphatic carbocycles. The fourth-order valence-corrected chi connectivity index (χ4v) is 3.00. The number of rotatable bonds is 12. The number of carboxylic acids is 1. The van der Waals surface area contributed by atoms with E-state index >= 15 is 0 Å². The first-order valence-corrected chi connectivity index (χ1v) is 12.6. The third-order valence-electron chi connectivity index (χ3n) is 4.63. The van der Waals surface area contributed by atoms with E-state index in [2.05, 4.69) is 5.32 Å². The molecule has 214 valence electrons. The van der Waals surface area contributed by atoms with Crippen molar-refractivity contribution >= 4 is 24.2 Å². The van der Waals surface area contributed by atoms with Gasteiger partial charge in [0.2, 0.25) is 0 Å². The molecule has 0 amide bonds. The molecule has 0 heterocycles. The number of hydrogen-bond acceptors (Lipinski definition) is 10. The van der Waals surface area contributed by atoms with Gasteiger partial charge in [0, 0.05) is 13.0 Å². The van der Waals surface area contributed by atoms with Crippen molar-refractivity contribution in [1.82, 2.24) is 5.32 Å². The van der Waals surface area contributed by atoms with Gasteiger partial charge in [-0.25, -0.2) is 9.59 Å². The fraction of sp³-hybridized carbons (Fsp3) is 0.630. The van der Waals surface area contributed by atoms with E-state index in [1.807, 2.05) is 6.92 Å². The Kier molecular flexibility index (Phi) is 12.5. The van der Waals surface area contributed by atoms with E-state index in [1.54, 1.807) is 48.5 Å². The summed E-state index contributed by atoms with van der Waals surface area (Å²) in [5.74, 6) is -1.72. The van der Waals surface area contributed by atoms with Gasteiger partial charge < -0.3 is 34.1 Å². The van der Waals surface area contributed by atoms with Gasteiger partial charge in [0.1, 0.15) is 23.3 Å². The summed E-state index contributed by atoms with van der Waals surface area (Å²) < 4.78 is 26.2. The zero-order valence-corrected chi connectivity index (χ0v) is 23.5. The maximum atomic E-state index is 12.3. The van der Waals surface area contributed by atoms with Gasteiger partial charge in [0.05, 0.1) is 0 Å². The molecular formula is C27H41NO10. The van der Waals surface area contributed by atoms with Crippen molar-refractivity contribution in [2.45, 2.75) is 104 Å². The molecule has 0 saturated carbocycles. The Labute approximate surface area is 224 Å². The van der Waals surface area contributed by atoms with Crippen LogP contribution in [0.4, 0.5) is 9.59 Å². The summed E-state index contributed by atoms with van der Waals surface area (Å²) in [5, 5.41) is 12.6. The van der Waals surface area contributed by atoms with Crippen LogP contribution < -0.4 is 14.8 Å². The number of carbonyl (C=O) groups is 4. The quantitative estimate of drug-likeness (QED) is 0.210. The highest BCUT2D eigenvalue weighted by Crippen LogP contribution is 2.31. The molecule has 0 radical (unpaired) electrons. The maximum absolute atomic E-state index is 12.3. The number of carboxylic acid groups (broad SMARTS) is 1. The van der Waals surface area contributed by atoms with Crippen LogP contribution in [0.1, 0.15) is 80.2 Å². The molecule has 1 aromatic rings. The van der Waals surface area contributed by atoms with E-state index in [0.717, 1.165) is 12.8 Å². The molecule has 11 nitrogen and oxygen atoms in total. The van der Waals surface area contributed by atoms with E-state index in [9.17, 15) is 24.3 Å². The van der Waals surface area contributed by atoms with Crippen molar-refractivity contribution in [1.29, 1.82) is 0 Å². The van der Waals surface area contributed by atoms with Gasteiger partial charge in [-0.1, -0.05) is 19.4 Å². The van der Waals surface area contributed by atoms with E-state index < -0.39 is 41.6 Å². The minimum atomic E-state index is -1.13. The minimum Gasteiger partial charge on any atom is -0.480 e. The number of hydrogen-bond donors (Lipinski definition) is 2. The molecule has 0 fully saturated rings. The van der Waals surface area contributed by atoms with Gasteiger partial charge in [-0.3, -0.25) is 9.59 Å². The minimum absolute atomic E-state index is 0.0107. The summed E-state index contributed by atoms with van der Waals surface area (Å²) in [4.78, 5) is 48.2. The summed E-state index contributed by atoms with van der Waals surface area (Å²) in [6.07, 6.45) is -0.689. The van der Waals surface area contributed by atoms with Crippen molar-refractivity contribution in [3.05, 3.63) is 23.8 Å². The molecule has 38 heavy (non-hydrogen) atoms. The van der Waals surface area contributed by atoms with Crippen molar-refractivity contribution in [2.24, 2.45) is 0 Å². The second kappa shape index (κ2) is 14.6. The summed E-state index contributed by atoms with van der Waals surface area (Å²) >= 11 is 0. The molecule has 1 rings (SSSR count). The van der Waals surface area contributed by atoms with Gasteiger partial charge in [0.15, 0.2) is 11.5 Å². The Bertz CT molecular complexity index is 962. The van der Waals surface area contributed by atoms with E-state index in [0.29, 0.717) is 12.0 Å². The average molecular weight is 540 g/mol. The van der Waals surface area contributed by atoms with Crippen LogP contribution in [-0.4, -0.2) is 59.2 Å². The lowest BCUT2D eigenvalue weighted by molar-refractivity contribution is -0.148. The second-order valence-electron chi connectivity index (χ2n) is 10.8. The van der Waals surface area contributed by atoms with Gasteiger partial charge >= 0.3 is 24.2 Å². The van der Waals surface area contributed by atoms with E-state index in [4.69, 9.17) is 23.7 Å². The third kappa shape index (κ3) is 13.8. The van der Waals surface area contributed by atoms with Gasteiger partial charge in [-0.05, 0) is 79.0 Å². The topological polar surface area (TPSA) is 147 Å². The average Bonchev–Trinajstić information content (AvgIpc) is 2.73. The van der Waals surface area contributed by atoms with Crippen LogP contribution in [0.25, 0.3) is 0 Å². The first kappa shape index (κ1) is 32.7. The second-order valence-corrected chi connectivity index (χ2v) is 10.8. The largest absolute Gasteiger partial charge is 0.514 e. The summed E-state index contributed by atoms with van der Waals surface area (Å²) in [6.45, 7) is 13.7. The molecule has 0 spiro atoms. The number of benzene rings is 1. The Morgan fingerprint density at radius 1 is 0.921 bits per heavy atom. The van der Waals surface area contributed by atoms with Crippen LogP contribution in [0.5, 0.6) is 11.5 Å². The number of ether oxygens (including phenoxy) is 5. The summed E-state index contributed by atoms with van der Waals surface area (Å²) in [5.41, 5.74) is -1.19. The molecule has 0 aliphatic rings. The van der Waals surface area contributed by atoms with Crippen LogP contribution >= 0.6 is 0 Å². The number of unbranched alkanes of at least 4 members (excludes halogenated alkanes) is 1. The van der Waals surface area contributed by atoms with Crippen LogP contribution in [-0.2, 0) is 30.2 Å². The zero-order valence-electron chi connectivity index (χ0n) is 23.5. The first-order valence-electron chi connectivity index (χ1n) is 12.6. The highest BCUT2D eigenvalue weighted by Gasteiger charge is 2.25. The number of nitrogens with one attached hydrogen (secondary N) is 1. The predicted molar refractivity (Wildman–Crippen MR) is 138 cm³/mol. The smallest absolute Gasteiger partial charge is 0.480 e. The fourth-order valence-electron chi connectivity index (χ4n) is 3.00. The first-order chi connectivity index (χ1) is 17.5. The molecule has 2 N–H and O–H groups in total. The van der Waals surface area contributed by atoms with Crippen molar-refractivity contribution in [3.63, 3.8) is 0 Å². The van der Waals surface area contributed by atoms with Gasteiger partial charge in [0.25, 0.3) is 0 Å². The predicted octanol–water partition coefficient (Wildman–Crippen LogP) is 5.02. The van der Waals surface area contributed by atoms with Crippen molar-refractivity contribution < 1.29 is 48.0 Å². The maximum Gasteiger partial charge on any atom is 0.514 e. The van der Waals surface area contributed by atoms with Crippen molar-refractivity contribution in [2.75, 3.05) is 6.54 Å². The lowest BCUT2D eigenvalue weighted by Gasteiger charge is -2.21. The number of carbonyl (C=O) groups excluding carboxylic acids is 3. The molecule has 0 aliphatic heterocycles. The Morgan fingerprint density at radius 2 is 1.47 bits per heavy atom. The normalized spacial score (nSPS) is 13.2. The number of esters is 1. The monoisotopic (exact) mass is 539 g/mol. The molecule has 0 aromatic heterocycles. The third-order valence-corrected chi connectivity index (χ3v) is 4.63. The van der Waals surface area contributed by atoms with Gasteiger partial charge in [-0.15, -0.1) is 0 Å². The molecular weight excluding hydrogens is 498 g/mol. The highest BCUT2D eigenvalue weighted by atomic mass is 16.8. The molecule has 11 heteroatoms. The molecule has 0 bridgehead atoms. The van der Waals surface area contributed by atoms with Crippen LogP contribution in [0, 0.1) is 0 Å². The van der Waals surface area contributed by atoms with E-state index in [-0.39, 0.29) is 30.4 Å². The van der Waals surface area contributed by atoms with Crippen LogP contribution in [0.3, 0.4) is 0 Å².